The Morgan fingerprint density at radius 2 is 1.87 bits per heavy atom. The molecule has 3 atom stereocenters. The molecule has 2 unspecified atom stereocenters. The molecule has 2 aliphatic rings. The molecule has 2 aliphatic heterocycles. The maximum Gasteiger partial charge on any atom is 0.352 e. The van der Waals surface area contributed by atoms with E-state index in [2.05, 4.69) is 5.32 Å². The molecular weight excluding hydrogens is 416 g/mol. The Hall–Kier alpha value is -3.34. The lowest BCUT2D eigenvalue weighted by molar-refractivity contribution is -0.150. The number of benzene rings is 1. The summed E-state index contributed by atoms with van der Waals surface area (Å²) in [6.45, 7) is 1.07. The van der Waals surface area contributed by atoms with Gasteiger partial charge in [-0.05, 0) is 5.56 Å². The SMILES string of the molecule is CC(=O)OC(NC(=O)C(C(=O)O)c1ccccc1)C1=C(C(=O)O)N2C(=O)C[C@H]2SC1. The number of carboxylic acid groups (broad SMARTS) is 2. The molecule has 0 saturated carbocycles. The van der Waals surface area contributed by atoms with E-state index in [0.717, 1.165) is 11.8 Å². The van der Waals surface area contributed by atoms with Crippen LogP contribution in [0, 0.1) is 0 Å². The van der Waals surface area contributed by atoms with Crippen LogP contribution in [0.15, 0.2) is 41.6 Å². The van der Waals surface area contributed by atoms with E-state index < -0.39 is 41.9 Å². The monoisotopic (exact) mass is 434 g/mol. The summed E-state index contributed by atoms with van der Waals surface area (Å²) in [6, 6.07) is 7.72. The fraction of sp³-hybridized carbons (Fsp3) is 0.316. The van der Waals surface area contributed by atoms with Gasteiger partial charge in [0.1, 0.15) is 5.70 Å². The van der Waals surface area contributed by atoms with Gasteiger partial charge in [0.2, 0.25) is 18.0 Å². The fourth-order valence-electron chi connectivity index (χ4n) is 3.26. The Bertz CT molecular complexity index is 945. The molecule has 10 nitrogen and oxygen atoms in total. The summed E-state index contributed by atoms with van der Waals surface area (Å²) >= 11 is 1.26. The van der Waals surface area contributed by atoms with Gasteiger partial charge in [0.15, 0.2) is 5.92 Å². The molecule has 158 valence electrons. The molecule has 3 N–H and O–H groups in total. The topological polar surface area (TPSA) is 150 Å². The molecule has 1 aromatic carbocycles. The zero-order valence-corrected chi connectivity index (χ0v) is 16.5. The molecule has 1 aromatic rings. The molecule has 0 aromatic heterocycles. The van der Waals surface area contributed by atoms with E-state index in [4.69, 9.17) is 4.74 Å². The number of esters is 1. The second kappa shape index (κ2) is 8.57. The van der Waals surface area contributed by atoms with E-state index >= 15 is 0 Å². The van der Waals surface area contributed by atoms with Gasteiger partial charge in [-0.2, -0.15) is 0 Å². The normalized spacial score (nSPS) is 19.8. The van der Waals surface area contributed by atoms with E-state index in [1.807, 2.05) is 0 Å². The molecule has 1 saturated heterocycles. The summed E-state index contributed by atoms with van der Waals surface area (Å²) in [7, 11) is 0. The van der Waals surface area contributed by atoms with Crippen LogP contribution in [0.1, 0.15) is 24.8 Å². The molecule has 2 heterocycles. The smallest absolute Gasteiger partial charge is 0.352 e. The number of carbonyl (C=O) groups excluding carboxylic acids is 3. The van der Waals surface area contributed by atoms with Crippen molar-refractivity contribution in [2.45, 2.75) is 30.9 Å². The van der Waals surface area contributed by atoms with Gasteiger partial charge in [0, 0.05) is 18.2 Å². The Morgan fingerprint density at radius 1 is 1.20 bits per heavy atom. The van der Waals surface area contributed by atoms with E-state index in [9.17, 15) is 34.2 Å². The number of carbonyl (C=O) groups is 5. The van der Waals surface area contributed by atoms with Gasteiger partial charge in [-0.25, -0.2) is 4.79 Å². The molecule has 0 radical (unpaired) electrons. The lowest BCUT2D eigenvalue weighted by Crippen LogP contribution is -2.56. The van der Waals surface area contributed by atoms with Crippen molar-refractivity contribution in [3.05, 3.63) is 47.2 Å². The standard InChI is InChI=1S/C19H18N2O8S/c1-9(22)29-17(11-8-30-13-7-12(23)21(13)15(11)19(27)28)20-16(24)14(18(25)26)10-5-3-2-4-6-10/h2-6,13-14,17H,7-8H2,1H3,(H,20,24)(H,25,26)(H,27,28)/t13-,14?,17?/m1/s1. The van der Waals surface area contributed by atoms with Crippen molar-refractivity contribution in [2.24, 2.45) is 0 Å². The summed E-state index contributed by atoms with van der Waals surface area (Å²) in [4.78, 5) is 60.9. The summed E-state index contributed by atoms with van der Waals surface area (Å²) < 4.78 is 5.11. The molecule has 0 spiro atoms. The van der Waals surface area contributed by atoms with Crippen LogP contribution in [0.25, 0.3) is 0 Å². The molecule has 11 heteroatoms. The quantitative estimate of drug-likeness (QED) is 0.241. The van der Waals surface area contributed by atoms with Crippen LogP contribution < -0.4 is 5.32 Å². The van der Waals surface area contributed by atoms with Gasteiger partial charge in [-0.3, -0.25) is 24.1 Å². The van der Waals surface area contributed by atoms with Crippen LogP contribution in [-0.2, 0) is 28.7 Å². The lowest BCUT2D eigenvalue weighted by atomic mass is 9.98. The summed E-state index contributed by atoms with van der Waals surface area (Å²) in [5.41, 5.74) is -0.168. The van der Waals surface area contributed by atoms with E-state index in [0.29, 0.717) is 0 Å². The van der Waals surface area contributed by atoms with Crippen LogP contribution in [0.2, 0.25) is 0 Å². The van der Waals surface area contributed by atoms with Crippen LogP contribution in [0.4, 0.5) is 0 Å². The van der Waals surface area contributed by atoms with Crippen molar-refractivity contribution in [1.82, 2.24) is 10.2 Å². The van der Waals surface area contributed by atoms with Crippen molar-refractivity contribution in [3.8, 4) is 0 Å². The third-order valence-corrected chi connectivity index (χ3v) is 5.84. The predicted molar refractivity (Wildman–Crippen MR) is 103 cm³/mol. The number of ether oxygens (including phenoxy) is 1. The molecular formula is C19H18N2O8S. The first-order valence-electron chi connectivity index (χ1n) is 8.86. The first-order chi connectivity index (χ1) is 14.2. The molecule has 1 fully saturated rings. The van der Waals surface area contributed by atoms with Crippen molar-refractivity contribution < 1.29 is 38.9 Å². The predicted octanol–water partition coefficient (Wildman–Crippen LogP) is 0.504. The van der Waals surface area contributed by atoms with Gasteiger partial charge in [0.25, 0.3) is 0 Å². The third-order valence-electron chi connectivity index (χ3n) is 4.60. The summed E-state index contributed by atoms with van der Waals surface area (Å²) in [6.07, 6.45) is -1.34. The Labute approximate surface area is 174 Å². The maximum atomic E-state index is 12.8. The number of carboxylic acids is 2. The summed E-state index contributed by atoms with van der Waals surface area (Å²) in [5.74, 6) is -6.56. The van der Waals surface area contributed by atoms with Gasteiger partial charge in [-0.15, -0.1) is 11.8 Å². The number of fused-ring (bicyclic) bond motifs is 1. The molecule has 30 heavy (non-hydrogen) atoms. The van der Waals surface area contributed by atoms with Gasteiger partial charge >= 0.3 is 17.9 Å². The second-order valence-corrected chi connectivity index (χ2v) is 7.76. The summed E-state index contributed by atoms with van der Waals surface area (Å²) in [5, 5.41) is 21.1. The lowest BCUT2D eigenvalue weighted by Gasteiger charge is -2.44. The maximum absolute atomic E-state index is 12.8. The van der Waals surface area contributed by atoms with Crippen LogP contribution in [-0.4, -0.2) is 62.2 Å². The van der Waals surface area contributed by atoms with E-state index in [1.54, 1.807) is 18.2 Å². The number of hydrogen-bond donors (Lipinski definition) is 3. The first kappa shape index (κ1) is 21.4. The van der Waals surface area contributed by atoms with Gasteiger partial charge in [-0.1, -0.05) is 30.3 Å². The minimum Gasteiger partial charge on any atom is -0.480 e. The minimum atomic E-state index is -1.60. The Morgan fingerprint density at radius 3 is 2.40 bits per heavy atom. The molecule has 0 aliphatic carbocycles. The number of amides is 2. The van der Waals surface area contributed by atoms with Crippen molar-refractivity contribution >= 4 is 41.5 Å². The number of rotatable bonds is 7. The highest BCUT2D eigenvalue weighted by atomic mass is 32.2. The van der Waals surface area contributed by atoms with Crippen molar-refractivity contribution in [1.29, 1.82) is 0 Å². The fourth-order valence-corrected chi connectivity index (χ4v) is 4.55. The molecule has 3 rings (SSSR count). The average molecular weight is 434 g/mol. The van der Waals surface area contributed by atoms with Gasteiger partial charge < -0.3 is 20.3 Å². The number of hydrogen-bond acceptors (Lipinski definition) is 7. The van der Waals surface area contributed by atoms with Crippen molar-refractivity contribution in [3.63, 3.8) is 0 Å². The van der Waals surface area contributed by atoms with Crippen LogP contribution in [0.5, 0.6) is 0 Å². The highest BCUT2D eigenvalue weighted by Crippen LogP contribution is 2.41. The average Bonchev–Trinajstić information content (AvgIpc) is 2.66. The van der Waals surface area contributed by atoms with E-state index in [1.165, 1.54) is 23.9 Å². The van der Waals surface area contributed by atoms with E-state index in [-0.39, 0.29) is 34.4 Å². The third kappa shape index (κ3) is 4.15. The number of β-lactam (4-membered cyclic amide) rings is 1. The number of thioether (sulfide) groups is 1. The minimum absolute atomic E-state index is 0.00227. The highest BCUT2D eigenvalue weighted by Gasteiger charge is 2.47. The Balaban J connectivity index is 1.96. The zero-order valence-electron chi connectivity index (χ0n) is 15.7. The van der Waals surface area contributed by atoms with Crippen LogP contribution in [0.3, 0.4) is 0 Å². The first-order valence-corrected chi connectivity index (χ1v) is 9.91. The Kier molecular flexibility index (Phi) is 6.11. The van der Waals surface area contributed by atoms with Gasteiger partial charge in [0.05, 0.1) is 11.8 Å². The number of nitrogens with one attached hydrogen (secondary N) is 1. The van der Waals surface area contributed by atoms with Crippen LogP contribution >= 0.6 is 11.8 Å². The number of nitrogens with zero attached hydrogens (tertiary/aromatic N) is 1. The number of aliphatic carboxylic acids is 2. The molecule has 2 amide bonds. The zero-order chi connectivity index (χ0) is 22.0. The highest BCUT2D eigenvalue weighted by molar-refractivity contribution is 8.00. The second-order valence-electron chi connectivity index (χ2n) is 6.59. The largest absolute Gasteiger partial charge is 0.480 e. The van der Waals surface area contributed by atoms with Crippen molar-refractivity contribution in [2.75, 3.05) is 5.75 Å². The molecule has 0 bridgehead atoms.